The van der Waals surface area contributed by atoms with Gasteiger partial charge in [0, 0.05) is 15.4 Å². The summed E-state index contributed by atoms with van der Waals surface area (Å²) in [5.41, 5.74) is 7.22. The third-order valence-corrected chi connectivity index (χ3v) is 4.75. The van der Waals surface area contributed by atoms with Crippen molar-refractivity contribution in [1.82, 2.24) is 0 Å². The van der Waals surface area contributed by atoms with Crippen LogP contribution in [0.15, 0.2) is 40.2 Å². The summed E-state index contributed by atoms with van der Waals surface area (Å²) in [6, 6.07) is 9.15. The van der Waals surface area contributed by atoms with Gasteiger partial charge in [0.1, 0.15) is 5.82 Å². The molecule has 4 heteroatoms. The summed E-state index contributed by atoms with van der Waals surface area (Å²) in [6.07, 6.45) is 3.96. The van der Waals surface area contributed by atoms with Crippen molar-refractivity contribution in [2.45, 2.75) is 31.7 Å². The number of benzene rings is 1. The molecule has 19 heavy (non-hydrogen) atoms. The maximum Gasteiger partial charge on any atom is 0.124 e. The van der Waals surface area contributed by atoms with Crippen molar-refractivity contribution in [3.63, 3.8) is 0 Å². The lowest BCUT2D eigenvalue weighted by Gasteiger charge is -2.12. The Bertz CT molecular complexity index is 513. The van der Waals surface area contributed by atoms with E-state index in [1.807, 2.05) is 0 Å². The van der Waals surface area contributed by atoms with Crippen molar-refractivity contribution in [3.05, 3.63) is 56.4 Å². The average Bonchev–Trinajstić information content (AvgIpc) is 2.86. The Morgan fingerprint density at radius 3 is 2.84 bits per heavy atom. The van der Waals surface area contributed by atoms with E-state index in [4.69, 9.17) is 5.73 Å². The second-order valence-electron chi connectivity index (χ2n) is 4.67. The summed E-state index contributed by atoms with van der Waals surface area (Å²) in [5.74, 6) is -0.220. The molecule has 1 nitrogen and oxygen atoms in total. The molecule has 0 saturated heterocycles. The van der Waals surface area contributed by atoms with Crippen molar-refractivity contribution in [2.24, 2.45) is 5.73 Å². The first-order chi connectivity index (χ1) is 9.15. The lowest BCUT2D eigenvalue weighted by Crippen LogP contribution is -2.23. The molecule has 0 radical (unpaired) electrons. The smallest absolute Gasteiger partial charge is 0.124 e. The second kappa shape index (κ2) is 7.17. The van der Waals surface area contributed by atoms with Gasteiger partial charge in [0.2, 0.25) is 0 Å². The Kier molecular flexibility index (Phi) is 5.55. The van der Waals surface area contributed by atoms with Gasteiger partial charge in [-0.25, -0.2) is 4.39 Å². The molecular formula is C15H17BrFNS. The number of aryl methyl sites for hydroxylation is 1. The predicted molar refractivity (Wildman–Crippen MR) is 83.0 cm³/mol. The van der Waals surface area contributed by atoms with E-state index < -0.39 is 0 Å². The van der Waals surface area contributed by atoms with Gasteiger partial charge in [-0.3, -0.25) is 0 Å². The first-order valence-corrected chi connectivity index (χ1v) is 8.04. The summed E-state index contributed by atoms with van der Waals surface area (Å²) in [4.78, 5) is 1.41. The van der Waals surface area contributed by atoms with Crippen LogP contribution < -0.4 is 5.73 Å². The highest BCUT2D eigenvalue weighted by molar-refractivity contribution is 9.10. The van der Waals surface area contributed by atoms with Crippen LogP contribution in [0.4, 0.5) is 4.39 Å². The molecule has 1 atom stereocenters. The van der Waals surface area contributed by atoms with Gasteiger partial charge in [-0.1, -0.05) is 28.1 Å². The van der Waals surface area contributed by atoms with Gasteiger partial charge in [-0.15, -0.1) is 11.3 Å². The van der Waals surface area contributed by atoms with Crippen LogP contribution in [0.3, 0.4) is 0 Å². The fraction of sp³-hybridized carbons (Fsp3) is 0.333. The molecule has 0 spiro atoms. The van der Waals surface area contributed by atoms with Crippen LogP contribution in [0.2, 0.25) is 0 Å². The zero-order valence-electron chi connectivity index (χ0n) is 10.6. The van der Waals surface area contributed by atoms with E-state index in [0.717, 1.165) is 35.7 Å². The first kappa shape index (κ1) is 14.7. The van der Waals surface area contributed by atoms with E-state index >= 15 is 0 Å². The molecule has 0 bridgehead atoms. The Balaban J connectivity index is 1.79. The summed E-state index contributed by atoms with van der Waals surface area (Å²) < 4.78 is 13.8. The van der Waals surface area contributed by atoms with Crippen LogP contribution >= 0.6 is 27.3 Å². The maximum absolute atomic E-state index is 13.0. The minimum absolute atomic E-state index is 0.127. The SMILES string of the molecule is NC(CCCc1cccs1)Cc1ccc(F)cc1Br. The van der Waals surface area contributed by atoms with Crippen LogP contribution in [0.25, 0.3) is 0 Å². The van der Waals surface area contributed by atoms with E-state index in [9.17, 15) is 4.39 Å². The van der Waals surface area contributed by atoms with Gasteiger partial charge in [0.05, 0.1) is 0 Å². The Morgan fingerprint density at radius 1 is 1.32 bits per heavy atom. The molecule has 1 heterocycles. The molecule has 0 fully saturated rings. The van der Waals surface area contributed by atoms with Crippen molar-refractivity contribution < 1.29 is 4.39 Å². The van der Waals surface area contributed by atoms with Crippen molar-refractivity contribution in [2.75, 3.05) is 0 Å². The maximum atomic E-state index is 13.0. The normalized spacial score (nSPS) is 12.6. The molecule has 0 amide bonds. The second-order valence-corrected chi connectivity index (χ2v) is 6.56. The molecule has 1 aromatic carbocycles. The Labute approximate surface area is 125 Å². The van der Waals surface area contributed by atoms with Crippen molar-refractivity contribution in [3.8, 4) is 0 Å². The Hall–Kier alpha value is -0.710. The third-order valence-electron chi connectivity index (χ3n) is 3.08. The minimum atomic E-state index is -0.220. The summed E-state index contributed by atoms with van der Waals surface area (Å²) in [7, 11) is 0. The summed E-state index contributed by atoms with van der Waals surface area (Å²) in [5, 5.41) is 2.10. The van der Waals surface area contributed by atoms with Crippen LogP contribution in [0.1, 0.15) is 23.3 Å². The molecule has 0 aliphatic carbocycles. The molecule has 102 valence electrons. The van der Waals surface area contributed by atoms with Crippen LogP contribution in [0.5, 0.6) is 0 Å². The minimum Gasteiger partial charge on any atom is -0.327 e. The summed E-state index contributed by atoms with van der Waals surface area (Å²) >= 11 is 5.17. The van der Waals surface area contributed by atoms with E-state index in [1.165, 1.54) is 17.0 Å². The lowest BCUT2D eigenvalue weighted by atomic mass is 10.0. The van der Waals surface area contributed by atoms with Gasteiger partial charge in [-0.2, -0.15) is 0 Å². The van der Waals surface area contributed by atoms with Crippen molar-refractivity contribution in [1.29, 1.82) is 0 Å². The van der Waals surface area contributed by atoms with Gasteiger partial charge in [-0.05, 0) is 54.8 Å². The first-order valence-electron chi connectivity index (χ1n) is 6.37. The van der Waals surface area contributed by atoms with Crippen LogP contribution in [-0.2, 0) is 12.8 Å². The fourth-order valence-corrected chi connectivity index (χ4v) is 3.33. The zero-order valence-corrected chi connectivity index (χ0v) is 13.0. The van der Waals surface area contributed by atoms with Crippen LogP contribution in [0, 0.1) is 5.82 Å². The van der Waals surface area contributed by atoms with Gasteiger partial charge >= 0.3 is 0 Å². The van der Waals surface area contributed by atoms with Crippen LogP contribution in [-0.4, -0.2) is 6.04 Å². The van der Waals surface area contributed by atoms with E-state index in [1.54, 1.807) is 17.4 Å². The largest absolute Gasteiger partial charge is 0.327 e. The number of halogens is 2. The van der Waals surface area contributed by atoms with Gasteiger partial charge in [0.15, 0.2) is 0 Å². The molecule has 2 rings (SSSR count). The van der Waals surface area contributed by atoms with E-state index in [2.05, 4.69) is 33.4 Å². The quantitative estimate of drug-likeness (QED) is 0.819. The topological polar surface area (TPSA) is 26.0 Å². The standard InChI is InChI=1S/C15H17BrFNS/c16-15-10-12(17)7-6-11(15)9-13(18)3-1-4-14-5-2-8-19-14/h2,5-8,10,13H,1,3-4,9,18H2. The molecule has 0 saturated carbocycles. The molecule has 0 aliphatic rings. The number of nitrogens with two attached hydrogens (primary N) is 1. The van der Waals surface area contributed by atoms with E-state index in [0.29, 0.717) is 0 Å². The van der Waals surface area contributed by atoms with Gasteiger partial charge in [0.25, 0.3) is 0 Å². The molecule has 1 aromatic heterocycles. The summed E-state index contributed by atoms with van der Waals surface area (Å²) in [6.45, 7) is 0. The highest BCUT2D eigenvalue weighted by atomic mass is 79.9. The number of rotatable bonds is 6. The Morgan fingerprint density at radius 2 is 2.16 bits per heavy atom. The molecular weight excluding hydrogens is 325 g/mol. The number of hydrogen-bond acceptors (Lipinski definition) is 2. The van der Waals surface area contributed by atoms with Crippen molar-refractivity contribution >= 4 is 27.3 Å². The highest BCUT2D eigenvalue weighted by Gasteiger charge is 2.08. The van der Waals surface area contributed by atoms with Gasteiger partial charge < -0.3 is 5.73 Å². The lowest BCUT2D eigenvalue weighted by molar-refractivity contribution is 0.578. The molecule has 1 unspecified atom stereocenters. The zero-order chi connectivity index (χ0) is 13.7. The van der Waals surface area contributed by atoms with E-state index in [-0.39, 0.29) is 11.9 Å². The highest BCUT2D eigenvalue weighted by Crippen LogP contribution is 2.20. The number of thiophene rings is 1. The fourth-order valence-electron chi connectivity index (χ4n) is 2.07. The molecule has 2 N–H and O–H groups in total. The predicted octanol–water partition coefficient (Wildman–Crippen LogP) is 4.54. The third kappa shape index (κ3) is 4.71. The monoisotopic (exact) mass is 341 g/mol. The molecule has 0 aliphatic heterocycles. The molecule has 2 aromatic rings. The average molecular weight is 342 g/mol. The number of hydrogen-bond donors (Lipinski definition) is 1.